The average molecular weight is 208 g/mol. The molecule has 1 aromatic rings. The number of carboxylic acids is 1. The Morgan fingerprint density at radius 2 is 2.20 bits per heavy atom. The summed E-state index contributed by atoms with van der Waals surface area (Å²) in [7, 11) is 1.74. The first-order chi connectivity index (χ1) is 6.99. The monoisotopic (exact) mass is 208 g/mol. The number of aromatic nitrogens is 2. The van der Waals surface area contributed by atoms with Crippen molar-refractivity contribution in [1.82, 2.24) is 9.78 Å². The van der Waals surface area contributed by atoms with Crippen molar-refractivity contribution in [1.29, 1.82) is 0 Å². The topological polar surface area (TPSA) is 75.4 Å². The summed E-state index contributed by atoms with van der Waals surface area (Å²) < 4.78 is 1.57. The lowest BCUT2D eigenvalue weighted by Crippen LogP contribution is -1.98. The molecule has 0 aliphatic carbocycles. The molecular weight excluding hydrogens is 196 g/mol. The van der Waals surface area contributed by atoms with Crippen LogP contribution in [0.5, 0.6) is 0 Å². The number of carbonyl (C=O) groups is 1. The first kappa shape index (κ1) is 11.0. The molecule has 5 heteroatoms. The van der Waals surface area contributed by atoms with Crippen molar-refractivity contribution in [2.75, 3.05) is 0 Å². The maximum Gasteiger partial charge on any atom is 0.335 e. The Hall–Kier alpha value is -2.04. The molecule has 15 heavy (non-hydrogen) atoms. The normalized spacial score (nSPS) is 12.9. The highest BCUT2D eigenvalue weighted by molar-refractivity contribution is 5.95. The molecule has 0 bridgehead atoms. The summed E-state index contributed by atoms with van der Waals surface area (Å²) >= 11 is 0. The van der Waals surface area contributed by atoms with Gasteiger partial charge in [0.25, 0.3) is 0 Å². The molecule has 0 fully saturated rings. The third-order valence-corrected chi connectivity index (χ3v) is 1.66. The SMILES string of the molecule is CC(O)=CC(=Cc1cnn(C)c1)C(=O)O. The lowest BCUT2D eigenvalue weighted by molar-refractivity contribution is -0.132. The summed E-state index contributed by atoms with van der Waals surface area (Å²) in [4.78, 5) is 10.8. The van der Waals surface area contributed by atoms with Gasteiger partial charge in [-0.05, 0) is 19.1 Å². The highest BCUT2D eigenvalue weighted by Crippen LogP contribution is 2.08. The minimum absolute atomic E-state index is 0.0167. The molecule has 0 unspecified atom stereocenters. The van der Waals surface area contributed by atoms with Crippen LogP contribution in [0.3, 0.4) is 0 Å². The number of aliphatic hydroxyl groups is 1. The standard InChI is InChI=1S/C10H12N2O3/c1-7(13)3-9(10(14)15)4-8-5-11-12(2)6-8/h3-6,13H,1-2H3,(H,14,15). The maximum absolute atomic E-state index is 10.8. The van der Waals surface area contributed by atoms with Crippen LogP contribution in [0.2, 0.25) is 0 Å². The van der Waals surface area contributed by atoms with Crippen LogP contribution < -0.4 is 0 Å². The van der Waals surface area contributed by atoms with Gasteiger partial charge in [0.1, 0.15) is 0 Å². The number of aliphatic carboxylic acids is 1. The summed E-state index contributed by atoms with van der Waals surface area (Å²) in [6.45, 7) is 1.42. The molecule has 0 saturated carbocycles. The van der Waals surface area contributed by atoms with Crippen LogP contribution in [0.4, 0.5) is 0 Å². The molecule has 0 aliphatic heterocycles. The molecule has 0 aliphatic rings. The minimum Gasteiger partial charge on any atom is -0.513 e. The smallest absolute Gasteiger partial charge is 0.335 e. The largest absolute Gasteiger partial charge is 0.513 e. The first-order valence-electron chi connectivity index (χ1n) is 4.30. The maximum atomic E-state index is 10.8. The molecule has 5 nitrogen and oxygen atoms in total. The molecule has 1 aromatic heterocycles. The zero-order chi connectivity index (χ0) is 11.4. The fourth-order valence-electron chi connectivity index (χ4n) is 1.08. The van der Waals surface area contributed by atoms with Crippen molar-refractivity contribution < 1.29 is 15.0 Å². The van der Waals surface area contributed by atoms with Gasteiger partial charge < -0.3 is 10.2 Å². The number of nitrogens with zero attached hydrogens (tertiary/aromatic N) is 2. The highest BCUT2D eigenvalue weighted by atomic mass is 16.4. The number of hydrogen-bond acceptors (Lipinski definition) is 3. The van der Waals surface area contributed by atoms with Crippen LogP contribution in [-0.2, 0) is 11.8 Å². The number of allylic oxidation sites excluding steroid dienone is 1. The number of hydrogen-bond donors (Lipinski definition) is 2. The number of carboxylic acid groups (broad SMARTS) is 1. The summed E-state index contributed by atoms with van der Waals surface area (Å²) in [5, 5.41) is 21.7. The number of rotatable bonds is 3. The van der Waals surface area contributed by atoms with Crippen LogP contribution in [0.1, 0.15) is 12.5 Å². The van der Waals surface area contributed by atoms with Gasteiger partial charge in [-0.25, -0.2) is 4.79 Å². The zero-order valence-electron chi connectivity index (χ0n) is 8.51. The van der Waals surface area contributed by atoms with E-state index in [-0.39, 0.29) is 11.3 Å². The third kappa shape index (κ3) is 3.30. The molecule has 1 heterocycles. The second-order valence-electron chi connectivity index (χ2n) is 3.14. The van der Waals surface area contributed by atoms with Crippen LogP contribution in [0.15, 0.2) is 29.8 Å². The molecule has 0 radical (unpaired) electrons. The summed E-state index contributed by atoms with van der Waals surface area (Å²) in [5.41, 5.74) is 0.690. The van der Waals surface area contributed by atoms with E-state index in [0.29, 0.717) is 5.56 Å². The number of aryl methyl sites for hydroxylation is 1. The van der Waals surface area contributed by atoms with Crippen molar-refractivity contribution in [3.63, 3.8) is 0 Å². The van der Waals surface area contributed by atoms with Gasteiger partial charge in [0.2, 0.25) is 0 Å². The van der Waals surface area contributed by atoms with Gasteiger partial charge in [0, 0.05) is 18.8 Å². The van der Waals surface area contributed by atoms with Crippen molar-refractivity contribution in [3.05, 3.63) is 35.4 Å². The second-order valence-corrected chi connectivity index (χ2v) is 3.14. The van der Waals surface area contributed by atoms with E-state index in [4.69, 9.17) is 10.2 Å². The molecule has 0 amide bonds. The van der Waals surface area contributed by atoms with E-state index >= 15 is 0 Å². The minimum atomic E-state index is -1.09. The van der Waals surface area contributed by atoms with Crippen molar-refractivity contribution in [2.45, 2.75) is 6.92 Å². The Morgan fingerprint density at radius 1 is 1.53 bits per heavy atom. The fraction of sp³-hybridized carbons (Fsp3) is 0.200. The van der Waals surface area contributed by atoms with E-state index in [0.717, 1.165) is 0 Å². The lowest BCUT2D eigenvalue weighted by atomic mass is 10.2. The molecule has 0 aromatic carbocycles. The van der Waals surface area contributed by atoms with Gasteiger partial charge in [0.15, 0.2) is 0 Å². The highest BCUT2D eigenvalue weighted by Gasteiger charge is 2.05. The first-order valence-corrected chi connectivity index (χ1v) is 4.30. The molecule has 0 spiro atoms. The van der Waals surface area contributed by atoms with E-state index < -0.39 is 5.97 Å². The Labute approximate surface area is 87.0 Å². The van der Waals surface area contributed by atoms with Crippen LogP contribution in [0.25, 0.3) is 6.08 Å². The van der Waals surface area contributed by atoms with Gasteiger partial charge in [-0.3, -0.25) is 4.68 Å². The third-order valence-electron chi connectivity index (χ3n) is 1.66. The Morgan fingerprint density at radius 3 is 2.60 bits per heavy atom. The Kier molecular flexibility index (Phi) is 3.28. The molecule has 1 rings (SSSR count). The number of aliphatic hydroxyl groups excluding tert-OH is 1. The lowest BCUT2D eigenvalue weighted by Gasteiger charge is -1.94. The molecule has 0 saturated heterocycles. The summed E-state index contributed by atoms with van der Waals surface area (Å²) in [6, 6.07) is 0. The van der Waals surface area contributed by atoms with Crippen molar-refractivity contribution >= 4 is 12.0 Å². The predicted octanol–water partition coefficient (Wildman–Crippen LogP) is 1.35. The van der Waals surface area contributed by atoms with E-state index in [1.165, 1.54) is 19.1 Å². The quantitative estimate of drug-likeness (QED) is 0.446. The van der Waals surface area contributed by atoms with E-state index in [1.807, 2.05) is 0 Å². The molecule has 80 valence electrons. The van der Waals surface area contributed by atoms with Crippen molar-refractivity contribution in [3.8, 4) is 0 Å². The van der Waals surface area contributed by atoms with Gasteiger partial charge >= 0.3 is 5.97 Å². The van der Waals surface area contributed by atoms with Gasteiger partial charge in [-0.1, -0.05) is 0 Å². The Balaban J connectivity index is 3.04. The Bertz CT molecular complexity index is 426. The van der Waals surface area contributed by atoms with Crippen LogP contribution in [-0.4, -0.2) is 26.0 Å². The van der Waals surface area contributed by atoms with Gasteiger partial charge in [0.05, 0.1) is 17.5 Å². The van der Waals surface area contributed by atoms with E-state index in [2.05, 4.69) is 5.10 Å². The summed E-state index contributed by atoms with van der Waals surface area (Å²) in [6.07, 6.45) is 5.86. The van der Waals surface area contributed by atoms with E-state index in [9.17, 15) is 4.79 Å². The second kappa shape index (κ2) is 4.45. The van der Waals surface area contributed by atoms with E-state index in [1.54, 1.807) is 24.1 Å². The van der Waals surface area contributed by atoms with Crippen molar-refractivity contribution in [2.24, 2.45) is 7.05 Å². The molecule has 0 atom stereocenters. The van der Waals surface area contributed by atoms with Gasteiger partial charge in [-0.2, -0.15) is 5.10 Å². The average Bonchev–Trinajstić information content (AvgIpc) is 2.49. The molecular formula is C10H12N2O3. The van der Waals surface area contributed by atoms with Crippen LogP contribution in [0, 0.1) is 0 Å². The summed E-state index contributed by atoms with van der Waals surface area (Å²) in [5.74, 6) is -1.14. The predicted molar refractivity (Wildman–Crippen MR) is 55.2 cm³/mol. The van der Waals surface area contributed by atoms with Crippen LogP contribution >= 0.6 is 0 Å². The fourth-order valence-corrected chi connectivity index (χ4v) is 1.08. The molecule has 2 N–H and O–H groups in total. The van der Waals surface area contributed by atoms with Gasteiger partial charge in [-0.15, -0.1) is 0 Å². The zero-order valence-corrected chi connectivity index (χ0v) is 8.51.